The third kappa shape index (κ3) is 6.41. The summed E-state index contributed by atoms with van der Waals surface area (Å²) >= 11 is 5.95. The highest BCUT2D eigenvalue weighted by Crippen LogP contribution is 2.23. The molecule has 0 aliphatic carbocycles. The van der Waals surface area contributed by atoms with Gasteiger partial charge in [0.2, 0.25) is 0 Å². The molecule has 0 unspecified atom stereocenters. The van der Waals surface area contributed by atoms with Crippen LogP contribution in [0.25, 0.3) is 11.3 Å². The van der Waals surface area contributed by atoms with Crippen molar-refractivity contribution in [3.05, 3.63) is 81.5 Å². The molecule has 31 heavy (non-hydrogen) atoms. The zero-order valence-corrected chi connectivity index (χ0v) is 17.8. The summed E-state index contributed by atoms with van der Waals surface area (Å²) in [6.45, 7) is 0.222. The number of benzene rings is 2. The van der Waals surface area contributed by atoms with Crippen LogP contribution in [0, 0.1) is 10.1 Å². The van der Waals surface area contributed by atoms with E-state index in [0.29, 0.717) is 28.4 Å². The summed E-state index contributed by atoms with van der Waals surface area (Å²) in [6.07, 6.45) is 0.326. The minimum atomic E-state index is -3.88. The molecule has 0 bridgehead atoms. The fourth-order valence-electron chi connectivity index (χ4n) is 2.64. The van der Waals surface area contributed by atoms with Crippen molar-refractivity contribution in [2.75, 3.05) is 18.0 Å². The van der Waals surface area contributed by atoms with Crippen molar-refractivity contribution in [2.24, 2.45) is 0 Å². The highest BCUT2D eigenvalue weighted by molar-refractivity contribution is 7.92. The van der Waals surface area contributed by atoms with Crippen molar-refractivity contribution in [1.29, 1.82) is 0 Å². The second kappa shape index (κ2) is 10.2. The van der Waals surface area contributed by atoms with Gasteiger partial charge in [-0.2, -0.15) is 23.1 Å². The Morgan fingerprint density at radius 2 is 1.81 bits per heavy atom. The van der Waals surface area contributed by atoms with E-state index in [2.05, 4.69) is 14.8 Å². The van der Waals surface area contributed by atoms with E-state index >= 15 is 0 Å². The maximum Gasteiger partial charge on any atom is 0.294 e. The van der Waals surface area contributed by atoms with Crippen LogP contribution in [0.4, 0.5) is 0 Å². The first-order chi connectivity index (χ1) is 14.8. The number of nitrogens with one attached hydrogen (secondary N) is 1. The Bertz CT molecular complexity index is 1120. The molecular weight excluding hydrogens is 448 g/mol. The molecule has 10 nitrogen and oxygen atoms in total. The normalized spacial score (nSPS) is 11.3. The number of rotatable bonds is 11. The topological polar surface area (TPSA) is 126 Å². The van der Waals surface area contributed by atoms with E-state index in [4.69, 9.17) is 16.3 Å². The quantitative estimate of drug-likeness (QED) is 0.261. The molecule has 0 fully saturated rings. The number of ether oxygens (including phenoxy) is 1. The predicted molar refractivity (Wildman–Crippen MR) is 113 cm³/mol. The Balaban J connectivity index is 1.78. The molecule has 12 heteroatoms. The van der Waals surface area contributed by atoms with Gasteiger partial charge in [-0.1, -0.05) is 41.9 Å². The lowest BCUT2D eigenvalue weighted by Gasteiger charge is -2.11. The van der Waals surface area contributed by atoms with E-state index in [-0.39, 0.29) is 24.7 Å². The maximum absolute atomic E-state index is 12.7. The lowest BCUT2D eigenvalue weighted by molar-refractivity contribution is -0.757. The van der Waals surface area contributed by atoms with Crippen LogP contribution in [-0.2, 0) is 26.2 Å². The summed E-state index contributed by atoms with van der Waals surface area (Å²) in [4.78, 5) is 18.1. The van der Waals surface area contributed by atoms with E-state index in [1.165, 1.54) is 16.9 Å². The van der Waals surface area contributed by atoms with Crippen LogP contribution >= 0.6 is 11.6 Å². The Hall–Kier alpha value is -3.15. The fraction of sp³-hybridized carbons (Fsp3) is 0.211. The number of hydrogen-bond acceptors (Lipinski definition) is 7. The van der Waals surface area contributed by atoms with Gasteiger partial charge in [0, 0.05) is 17.2 Å². The molecule has 0 aliphatic rings. The molecule has 1 heterocycles. The van der Waals surface area contributed by atoms with Gasteiger partial charge in [-0.05, 0) is 36.8 Å². The smallest absolute Gasteiger partial charge is 0.294 e. The van der Waals surface area contributed by atoms with Gasteiger partial charge in [0.05, 0.1) is 29.5 Å². The van der Waals surface area contributed by atoms with Crippen LogP contribution in [0.3, 0.4) is 0 Å². The molecule has 0 atom stereocenters. The largest absolute Gasteiger partial charge is 0.375 e. The summed E-state index contributed by atoms with van der Waals surface area (Å²) < 4.78 is 30.9. The van der Waals surface area contributed by atoms with E-state index in [9.17, 15) is 18.5 Å². The van der Waals surface area contributed by atoms with Crippen LogP contribution in [0.2, 0.25) is 5.02 Å². The SMILES string of the molecule is O=[N+]([O-])OCCCOCc1cc(-c2ccc(Cl)cc2)n(NS(=O)(=O)c2ccccc2)n1. The fourth-order valence-corrected chi connectivity index (χ4v) is 3.75. The molecule has 1 aromatic heterocycles. The summed E-state index contributed by atoms with van der Waals surface area (Å²) in [6, 6.07) is 16.5. The molecule has 1 N–H and O–H groups in total. The third-order valence-corrected chi connectivity index (χ3v) is 5.60. The van der Waals surface area contributed by atoms with Gasteiger partial charge < -0.3 is 9.57 Å². The molecule has 0 saturated heterocycles. The second-order valence-electron chi connectivity index (χ2n) is 6.31. The summed E-state index contributed by atoms with van der Waals surface area (Å²) in [5.74, 6) is 0. The van der Waals surface area contributed by atoms with Crippen molar-refractivity contribution < 1.29 is 23.1 Å². The van der Waals surface area contributed by atoms with E-state index in [0.717, 1.165) is 0 Å². The van der Waals surface area contributed by atoms with Gasteiger partial charge in [0.15, 0.2) is 0 Å². The molecule has 3 aromatic rings. The lowest BCUT2D eigenvalue weighted by atomic mass is 10.1. The first kappa shape index (κ1) is 22.5. The number of halogens is 1. The Morgan fingerprint density at radius 3 is 2.48 bits per heavy atom. The Morgan fingerprint density at radius 1 is 1.10 bits per heavy atom. The van der Waals surface area contributed by atoms with Crippen molar-refractivity contribution in [2.45, 2.75) is 17.9 Å². The van der Waals surface area contributed by atoms with Gasteiger partial charge in [0.25, 0.3) is 15.1 Å². The predicted octanol–water partition coefficient (Wildman–Crippen LogP) is 3.25. The molecule has 0 spiro atoms. The highest BCUT2D eigenvalue weighted by Gasteiger charge is 2.18. The number of sulfonamides is 1. The van der Waals surface area contributed by atoms with Crippen molar-refractivity contribution >= 4 is 21.6 Å². The molecule has 0 saturated carbocycles. The maximum atomic E-state index is 12.7. The van der Waals surface area contributed by atoms with Crippen LogP contribution in [-0.4, -0.2) is 36.6 Å². The number of aromatic nitrogens is 2. The summed E-state index contributed by atoms with van der Waals surface area (Å²) in [7, 11) is -3.88. The Kier molecular flexibility index (Phi) is 7.45. The molecule has 164 valence electrons. The van der Waals surface area contributed by atoms with Crippen molar-refractivity contribution in [1.82, 2.24) is 9.89 Å². The van der Waals surface area contributed by atoms with Gasteiger partial charge in [0.1, 0.15) is 0 Å². The van der Waals surface area contributed by atoms with Gasteiger partial charge in [-0.25, -0.2) is 0 Å². The van der Waals surface area contributed by atoms with Crippen LogP contribution < -0.4 is 4.83 Å². The summed E-state index contributed by atoms with van der Waals surface area (Å²) in [5, 5.41) is 14.1. The molecule has 0 radical (unpaired) electrons. The van der Waals surface area contributed by atoms with Crippen molar-refractivity contribution in [3.8, 4) is 11.3 Å². The van der Waals surface area contributed by atoms with Crippen LogP contribution in [0.1, 0.15) is 12.1 Å². The first-order valence-electron chi connectivity index (χ1n) is 9.13. The molecule has 3 rings (SSSR count). The third-order valence-electron chi connectivity index (χ3n) is 4.04. The molecule has 0 amide bonds. The molecule has 2 aromatic carbocycles. The standard InChI is InChI=1S/C19H19ClN4O6S/c20-16-9-7-15(8-10-16)19-13-17(14-29-11-4-12-30-24(25)26)21-23(19)22-31(27,28)18-5-2-1-3-6-18/h1-3,5-10,13,22H,4,11-12,14H2. The van der Waals surface area contributed by atoms with E-state index < -0.39 is 15.1 Å². The van der Waals surface area contributed by atoms with E-state index in [1.807, 2.05) is 0 Å². The Labute approximate surface area is 183 Å². The number of nitrogens with zero attached hydrogens (tertiary/aromatic N) is 3. The van der Waals surface area contributed by atoms with Gasteiger partial charge in [-0.15, -0.1) is 10.1 Å². The van der Waals surface area contributed by atoms with Gasteiger partial charge >= 0.3 is 0 Å². The first-order valence-corrected chi connectivity index (χ1v) is 11.0. The minimum Gasteiger partial charge on any atom is -0.375 e. The van der Waals surface area contributed by atoms with Crippen LogP contribution in [0.5, 0.6) is 0 Å². The lowest BCUT2D eigenvalue weighted by Crippen LogP contribution is -2.25. The zero-order chi connectivity index (χ0) is 22.3. The number of hydrogen-bond donors (Lipinski definition) is 1. The molecule has 0 aliphatic heterocycles. The minimum absolute atomic E-state index is 0.0751. The highest BCUT2D eigenvalue weighted by atomic mass is 35.5. The average molecular weight is 467 g/mol. The molecular formula is C19H19ClN4O6S. The monoisotopic (exact) mass is 466 g/mol. The van der Waals surface area contributed by atoms with Gasteiger partial charge in [-0.3, -0.25) is 0 Å². The van der Waals surface area contributed by atoms with Crippen molar-refractivity contribution in [3.63, 3.8) is 0 Å². The second-order valence-corrected chi connectivity index (χ2v) is 8.41. The zero-order valence-electron chi connectivity index (χ0n) is 16.2. The van der Waals surface area contributed by atoms with Crippen LogP contribution in [0.15, 0.2) is 65.6 Å². The van der Waals surface area contributed by atoms with E-state index in [1.54, 1.807) is 48.5 Å². The summed E-state index contributed by atoms with van der Waals surface area (Å²) in [5.41, 5.74) is 1.65. The average Bonchev–Trinajstić information content (AvgIpc) is 3.13.